The molecular weight excluding hydrogens is 248 g/mol. The van der Waals surface area contributed by atoms with Crippen LogP contribution in [0.2, 0.25) is 0 Å². The molecule has 1 aliphatic rings. The average Bonchev–Trinajstić information content (AvgIpc) is 2.48. The van der Waals surface area contributed by atoms with E-state index in [4.69, 9.17) is 0 Å². The summed E-state index contributed by atoms with van der Waals surface area (Å²) in [5, 5.41) is 5.99. The molecule has 3 nitrogen and oxygen atoms in total. The van der Waals surface area contributed by atoms with Crippen molar-refractivity contribution in [2.75, 3.05) is 5.32 Å². The fourth-order valence-electron chi connectivity index (χ4n) is 2.73. The molecule has 3 heteroatoms. The average molecular weight is 274 g/mol. The van der Waals surface area contributed by atoms with Crippen molar-refractivity contribution in [1.29, 1.82) is 0 Å². The molecule has 0 aliphatic heterocycles. The molecule has 1 saturated carbocycles. The van der Waals surface area contributed by atoms with Gasteiger partial charge in [0.2, 0.25) is 0 Å². The van der Waals surface area contributed by atoms with Gasteiger partial charge in [0, 0.05) is 11.7 Å². The predicted octanol–water partition coefficient (Wildman–Crippen LogP) is 4.65. The molecule has 1 aromatic carbocycles. The lowest BCUT2D eigenvalue weighted by Gasteiger charge is -2.22. The number of anilines is 1. The molecule has 0 bridgehead atoms. The van der Waals surface area contributed by atoms with E-state index in [2.05, 4.69) is 36.6 Å². The van der Waals surface area contributed by atoms with Crippen LogP contribution in [0.3, 0.4) is 0 Å². The first-order chi connectivity index (χ1) is 9.69. The molecule has 110 valence electrons. The van der Waals surface area contributed by atoms with Crippen molar-refractivity contribution in [3.05, 3.63) is 29.8 Å². The van der Waals surface area contributed by atoms with Gasteiger partial charge in [0.05, 0.1) is 0 Å². The van der Waals surface area contributed by atoms with Gasteiger partial charge < -0.3 is 10.6 Å². The van der Waals surface area contributed by atoms with Gasteiger partial charge in [-0.2, -0.15) is 0 Å². The van der Waals surface area contributed by atoms with Crippen molar-refractivity contribution in [2.24, 2.45) is 0 Å². The fraction of sp³-hybridized carbons (Fsp3) is 0.588. The van der Waals surface area contributed by atoms with Gasteiger partial charge in [-0.05, 0) is 42.9 Å². The lowest BCUT2D eigenvalue weighted by molar-refractivity contribution is 0.244. The Kier molecular flexibility index (Phi) is 5.45. The fourth-order valence-corrected chi connectivity index (χ4v) is 2.73. The number of amides is 2. The van der Waals surface area contributed by atoms with Crippen molar-refractivity contribution in [2.45, 2.75) is 64.3 Å². The first-order valence-electron chi connectivity index (χ1n) is 7.86. The van der Waals surface area contributed by atoms with E-state index in [9.17, 15) is 4.79 Å². The van der Waals surface area contributed by atoms with Crippen LogP contribution in [-0.2, 0) is 0 Å². The largest absolute Gasteiger partial charge is 0.335 e. The SMILES string of the molecule is CC[C@@H](C)c1ccc(NC(=O)NC2CCCCC2)cc1. The number of carbonyl (C=O) groups excluding carboxylic acids is 1. The highest BCUT2D eigenvalue weighted by molar-refractivity contribution is 5.89. The maximum Gasteiger partial charge on any atom is 0.319 e. The molecule has 0 aromatic heterocycles. The highest BCUT2D eigenvalue weighted by Gasteiger charge is 2.15. The molecule has 0 radical (unpaired) electrons. The lowest BCUT2D eigenvalue weighted by atomic mass is 9.96. The van der Waals surface area contributed by atoms with Crippen LogP contribution in [0.15, 0.2) is 24.3 Å². The number of benzene rings is 1. The normalized spacial score (nSPS) is 17.5. The monoisotopic (exact) mass is 274 g/mol. The third-order valence-electron chi connectivity index (χ3n) is 4.29. The van der Waals surface area contributed by atoms with Crippen LogP contribution in [0, 0.1) is 0 Å². The van der Waals surface area contributed by atoms with Crippen LogP contribution in [0.4, 0.5) is 10.5 Å². The van der Waals surface area contributed by atoms with E-state index in [1.54, 1.807) is 0 Å². The molecule has 1 atom stereocenters. The van der Waals surface area contributed by atoms with E-state index in [1.807, 2.05) is 12.1 Å². The second-order valence-electron chi connectivity index (χ2n) is 5.86. The number of carbonyl (C=O) groups is 1. The summed E-state index contributed by atoms with van der Waals surface area (Å²) < 4.78 is 0. The summed E-state index contributed by atoms with van der Waals surface area (Å²) in [6, 6.07) is 8.45. The molecule has 2 rings (SSSR count). The summed E-state index contributed by atoms with van der Waals surface area (Å²) in [7, 11) is 0. The third-order valence-corrected chi connectivity index (χ3v) is 4.29. The summed E-state index contributed by atoms with van der Waals surface area (Å²) in [4.78, 5) is 11.9. The van der Waals surface area contributed by atoms with Crippen molar-refractivity contribution in [3.8, 4) is 0 Å². The first-order valence-corrected chi connectivity index (χ1v) is 7.86. The minimum Gasteiger partial charge on any atom is -0.335 e. The highest BCUT2D eigenvalue weighted by Crippen LogP contribution is 2.21. The molecule has 0 spiro atoms. The summed E-state index contributed by atoms with van der Waals surface area (Å²) >= 11 is 0. The van der Waals surface area contributed by atoms with E-state index >= 15 is 0 Å². The predicted molar refractivity (Wildman–Crippen MR) is 84.2 cm³/mol. The Morgan fingerprint density at radius 3 is 2.45 bits per heavy atom. The van der Waals surface area contributed by atoms with E-state index in [0.717, 1.165) is 24.9 Å². The zero-order valence-electron chi connectivity index (χ0n) is 12.6. The Balaban J connectivity index is 1.84. The van der Waals surface area contributed by atoms with E-state index in [0.29, 0.717) is 12.0 Å². The Bertz CT molecular complexity index is 421. The molecule has 20 heavy (non-hydrogen) atoms. The Morgan fingerprint density at radius 1 is 1.20 bits per heavy atom. The topological polar surface area (TPSA) is 41.1 Å². The minimum atomic E-state index is -0.0758. The van der Waals surface area contributed by atoms with Crippen molar-refractivity contribution in [3.63, 3.8) is 0 Å². The summed E-state index contributed by atoms with van der Waals surface area (Å²) in [6.07, 6.45) is 7.12. The van der Waals surface area contributed by atoms with Crippen LogP contribution in [0.1, 0.15) is 63.9 Å². The zero-order chi connectivity index (χ0) is 14.4. The van der Waals surface area contributed by atoms with Gasteiger partial charge in [-0.3, -0.25) is 0 Å². The summed E-state index contributed by atoms with van der Waals surface area (Å²) in [5.74, 6) is 0.570. The second-order valence-corrected chi connectivity index (χ2v) is 5.86. The van der Waals surface area contributed by atoms with Gasteiger partial charge in [-0.1, -0.05) is 45.2 Å². The van der Waals surface area contributed by atoms with Gasteiger partial charge in [0.15, 0.2) is 0 Å². The summed E-state index contributed by atoms with van der Waals surface area (Å²) in [6.45, 7) is 4.41. The van der Waals surface area contributed by atoms with Gasteiger partial charge in [-0.15, -0.1) is 0 Å². The zero-order valence-corrected chi connectivity index (χ0v) is 12.6. The van der Waals surface area contributed by atoms with Gasteiger partial charge >= 0.3 is 6.03 Å². The molecule has 2 N–H and O–H groups in total. The van der Waals surface area contributed by atoms with Crippen molar-refractivity contribution in [1.82, 2.24) is 5.32 Å². The molecule has 0 heterocycles. The molecule has 1 fully saturated rings. The molecule has 1 aromatic rings. The van der Waals surface area contributed by atoms with Gasteiger partial charge in [-0.25, -0.2) is 4.79 Å². The van der Waals surface area contributed by atoms with E-state index in [-0.39, 0.29) is 6.03 Å². The highest BCUT2D eigenvalue weighted by atomic mass is 16.2. The number of hydrogen-bond donors (Lipinski definition) is 2. The van der Waals surface area contributed by atoms with Crippen LogP contribution < -0.4 is 10.6 Å². The second kappa shape index (κ2) is 7.32. The van der Waals surface area contributed by atoms with Gasteiger partial charge in [0.25, 0.3) is 0 Å². The minimum absolute atomic E-state index is 0.0758. The lowest BCUT2D eigenvalue weighted by Crippen LogP contribution is -2.38. The first kappa shape index (κ1) is 14.9. The van der Waals surface area contributed by atoms with E-state index < -0.39 is 0 Å². The van der Waals surface area contributed by atoms with Crippen molar-refractivity contribution >= 4 is 11.7 Å². The smallest absolute Gasteiger partial charge is 0.319 e. The maximum atomic E-state index is 11.9. The molecule has 1 aliphatic carbocycles. The van der Waals surface area contributed by atoms with Gasteiger partial charge in [0.1, 0.15) is 0 Å². The third kappa shape index (κ3) is 4.26. The molecule has 2 amide bonds. The van der Waals surface area contributed by atoms with Crippen molar-refractivity contribution < 1.29 is 4.79 Å². The summed E-state index contributed by atoms with van der Waals surface area (Å²) in [5.41, 5.74) is 2.19. The van der Waals surface area contributed by atoms with Crippen LogP contribution in [0.5, 0.6) is 0 Å². The molecular formula is C17H26N2O. The number of hydrogen-bond acceptors (Lipinski definition) is 1. The maximum absolute atomic E-state index is 11.9. The number of rotatable bonds is 4. The molecule has 0 unspecified atom stereocenters. The Labute approximate surface area is 122 Å². The number of nitrogens with one attached hydrogen (secondary N) is 2. The number of urea groups is 1. The Morgan fingerprint density at radius 2 is 1.85 bits per heavy atom. The standard InChI is InChI=1S/C17H26N2O/c1-3-13(2)14-9-11-16(12-10-14)19-17(20)18-15-7-5-4-6-8-15/h9-13,15H,3-8H2,1-2H3,(H2,18,19,20)/t13-/m1/s1. The van der Waals surface area contributed by atoms with E-state index in [1.165, 1.54) is 24.8 Å². The Hall–Kier alpha value is -1.51. The quantitative estimate of drug-likeness (QED) is 0.824. The van der Waals surface area contributed by atoms with Crippen LogP contribution in [0.25, 0.3) is 0 Å². The van der Waals surface area contributed by atoms with Crippen LogP contribution >= 0.6 is 0 Å². The van der Waals surface area contributed by atoms with Crippen LogP contribution in [-0.4, -0.2) is 12.1 Å². The molecule has 0 saturated heterocycles.